The first-order chi connectivity index (χ1) is 15.1. The maximum atomic E-state index is 8.68. The molecule has 0 saturated carbocycles. The molecule has 0 spiro atoms. The molecule has 3 heterocycles. The van der Waals surface area contributed by atoms with E-state index in [2.05, 4.69) is 76.4 Å². The van der Waals surface area contributed by atoms with Gasteiger partial charge in [0.05, 0.1) is 26.4 Å². The Morgan fingerprint density at radius 3 is 2.23 bits per heavy atom. The van der Waals surface area contributed by atoms with Gasteiger partial charge in [-0.1, -0.05) is 36.4 Å². The summed E-state index contributed by atoms with van der Waals surface area (Å²) in [6.45, 7) is 7.02. The second kappa shape index (κ2) is 12.5. The first-order valence-corrected chi connectivity index (χ1v) is 13.1. The fourth-order valence-corrected chi connectivity index (χ4v) is 3.92. The normalized spacial score (nSPS) is 22.8. The Kier molecular flexibility index (Phi) is 9.78. The van der Waals surface area contributed by atoms with Gasteiger partial charge in [-0.2, -0.15) is 0 Å². The van der Waals surface area contributed by atoms with E-state index in [0.29, 0.717) is 0 Å². The van der Waals surface area contributed by atoms with E-state index < -0.39 is 21.1 Å². The van der Waals surface area contributed by atoms with Gasteiger partial charge in [0.2, 0.25) is 0 Å². The zero-order valence-corrected chi connectivity index (χ0v) is 19.9. The molecule has 3 aliphatic heterocycles. The largest absolute Gasteiger partial charge is 0.503 e. The number of rotatable bonds is 4. The van der Waals surface area contributed by atoms with Gasteiger partial charge in [-0.05, 0) is 27.2 Å². The van der Waals surface area contributed by atoms with Gasteiger partial charge < -0.3 is 26.1 Å². The molecule has 0 bridgehead atoms. The minimum Gasteiger partial charge on any atom is -0.396 e. The highest BCUT2D eigenvalue weighted by Gasteiger charge is 2.25. The monoisotopic (exact) mass is 543 g/mol. The molecule has 3 aliphatic rings. The lowest BCUT2D eigenvalue weighted by molar-refractivity contribution is -1.63. The minimum atomic E-state index is -3.76. The van der Waals surface area contributed by atoms with Gasteiger partial charge >= 0.3 is 21.1 Å². The number of halogens is 1. The highest BCUT2D eigenvalue weighted by Crippen LogP contribution is 2.26. The molecule has 8 nitrogen and oxygen atoms in total. The third kappa shape index (κ3) is 7.28. The van der Waals surface area contributed by atoms with Crippen LogP contribution in [0.2, 0.25) is 0 Å². The summed E-state index contributed by atoms with van der Waals surface area (Å²) < 4.78 is 35.6. The van der Waals surface area contributed by atoms with Gasteiger partial charge in [-0.3, -0.25) is 4.90 Å². The predicted octanol–water partition coefficient (Wildman–Crippen LogP) is -3.53. The SMILES string of the molecule is CN1C(C=C(c2ccccc2)N2CCOCC2)=CC=CC1N1CCOCC1.[O-][I+2]([O-])O. The summed E-state index contributed by atoms with van der Waals surface area (Å²) in [6.07, 6.45) is 9.29. The van der Waals surface area contributed by atoms with E-state index in [1.807, 2.05) is 0 Å². The Bertz CT molecular complexity index is 757. The summed E-state index contributed by atoms with van der Waals surface area (Å²) in [5, 5.41) is 0. The van der Waals surface area contributed by atoms with Crippen molar-refractivity contribution in [1.82, 2.24) is 14.7 Å². The maximum Gasteiger partial charge on any atom is 0.503 e. The van der Waals surface area contributed by atoms with Crippen molar-refractivity contribution in [2.24, 2.45) is 0 Å². The summed E-state index contributed by atoms with van der Waals surface area (Å²) in [6, 6.07) is 10.7. The lowest BCUT2D eigenvalue weighted by atomic mass is 10.1. The molecule has 0 radical (unpaired) electrons. The van der Waals surface area contributed by atoms with E-state index >= 15 is 0 Å². The molecular weight excluding hydrogens is 513 g/mol. The van der Waals surface area contributed by atoms with Gasteiger partial charge in [-0.25, -0.2) is 0 Å². The fourth-order valence-electron chi connectivity index (χ4n) is 3.92. The summed E-state index contributed by atoms with van der Waals surface area (Å²) >= 11 is -3.76. The second-order valence-electron chi connectivity index (χ2n) is 7.35. The van der Waals surface area contributed by atoms with Crippen molar-refractivity contribution in [2.45, 2.75) is 6.17 Å². The number of ether oxygens (including phenoxy) is 2. The molecule has 2 fully saturated rings. The molecule has 1 N–H and O–H groups in total. The molecule has 9 heteroatoms. The van der Waals surface area contributed by atoms with Crippen LogP contribution < -0.4 is 27.9 Å². The van der Waals surface area contributed by atoms with Crippen LogP contribution in [0.1, 0.15) is 5.56 Å². The number of likely N-dealkylation sites (N-methyl/N-ethyl adjacent to an activating group) is 1. The molecule has 4 rings (SSSR count). The van der Waals surface area contributed by atoms with Crippen LogP contribution in [0.15, 0.2) is 60.3 Å². The first kappa shape index (κ1) is 24.2. The smallest absolute Gasteiger partial charge is 0.396 e. The van der Waals surface area contributed by atoms with E-state index in [1.54, 1.807) is 0 Å². The molecular formula is C22H30IN3O5. The van der Waals surface area contributed by atoms with Crippen LogP contribution in [0.4, 0.5) is 0 Å². The number of morpholine rings is 2. The summed E-state index contributed by atoms with van der Waals surface area (Å²) in [4.78, 5) is 7.29. The summed E-state index contributed by atoms with van der Waals surface area (Å²) in [7, 11) is 2.19. The highest BCUT2D eigenvalue weighted by molar-refractivity contribution is 5.67. The Morgan fingerprint density at radius 1 is 1.03 bits per heavy atom. The van der Waals surface area contributed by atoms with E-state index in [4.69, 9.17) is 19.8 Å². The van der Waals surface area contributed by atoms with E-state index in [-0.39, 0.29) is 6.17 Å². The quantitative estimate of drug-likeness (QED) is 0.391. The third-order valence-corrected chi connectivity index (χ3v) is 5.48. The van der Waals surface area contributed by atoms with Crippen molar-refractivity contribution in [3.05, 3.63) is 65.9 Å². The number of hydrogen-bond acceptors (Lipinski definition) is 8. The third-order valence-electron chi connectivity index (χ3n) is 5.48. The van der Waals surface area contributed by atoms with E-state index in [1.165, 1.54) is 17.0 Å². The van der Waals surface area contributed by atoms with Crippen molar-refractivity contribution in [2.75, 3.05) is 59.7 Å². The molecule has 1 atom stereocenters. The average molecular weight is 543 g/mol. The molecule has 0 amide bonds. The van der Waals surface area contributed by atoms with Gasteiger partial charge in [0.25, 0.3) is 0 Å². The molecule has 1 aromatic rings. The van der Waals surface area contributed by atoms with E-state index in [9.17, 15) is 0 Å². The minimum absolute atomic E-state index is 0.284. The van der Waals surface area contributed by atoms with E-state index in [0.717, 1.165) is 52.6 Å². The van der Waals surface area contributed by atoms with Gasteiger partial charge in [0, 0.05) is 44.6 Å². The lowest BCUT2D eigenvalue weighted by Gasteiger charge is -2.41. The lowest BCUT2D eigenvalue weighted by Crippen LogP contribution is -3.98. The van der Waals surface area contributed by atoms with Gasteiger partial charge in [0.1, 0.15) is 6.17 Å². The van der Waals surface area contributed by atoms with Crippen molar-refractivity contribution in [1.29, 1.82) is 0 Å². The van der Waals surface area contributed by atoms with Gasteiger partial charge in [0.15, 0.2) is 0 Å². The maximum absolute atomic E-state index is 8.68. The van der Waals surface area contributed by atoms with Crippen LogP contribution in [-0.4, -0.2) is 84.0 Å². The van der Waals surface area contributed by atoms with Crippen LogP contribution in [-0.2, 0) is 9.47 Å². The van der Waals surface area contributed by atoms with Crippen molar-refractivity contribution in [3.63, 3.8) is 0 Å². The average Bonchev–Trinajstić information content (AvgIpc) is 2.80. The number of hydrogen-bond donors (Lipinski definition) is 1. The second-order valence-corrected chi connectivity index (χ2v) is 8.49. The molecule has 1 unspecified atom stereocenters. The topological polar surface area (TPSA) is 94.5 Å². The number of nitrogens with zero attached hydrogens (tertiary/aromatic N) is 3. The Balaban J connectivity index is 0.000000628. The van der Waals surface area contributed by atoms with Crippen LogP contribution in [0.5, 0.6) is 0 Å². The predicted molar refractivity (Wildman–Crippen MR) is 110 cm³/mol. The van der Waals surface area contributed by atoms with Crippen molar-refractivity contribution < 1.29 is 40.8 Å². The zero-order valence-electron chi connectivity index (χ0n) is 17.7. The Labute approximate surface area is 192 Å². The Morgan fingerprint density at radius 2 is 1.61 bits per heavy atom. The summed E-state index contributed by atoms with van der Waals surface area (Å²) in [5.74, 6) is 0. The Hall–Kier alpha value is -1.47. The molecule has 1 aromatic carbocycles. The van der Waals surface area contributed by atoms with Crippen molar-refractivity contribution >= 4 is 5.70 Å². The standard InChI is InChI=1S/C22H29N3O2.HIO3/c1-23-20(8-5-9-22(23)25-12-16-27-17-13-25)18-21(19-6-3-2-4-7-19)24-10-14-26-15-11-24;2-1(3)4/h2-9,18,22H,10-17H2,1H3;2H. The molecule has 31 heavy (non-hydrogen) atoms. The highest BCUT2D eigenvalue weighted by atomic mass is 127. The number of allylic oxidation sites excluding steroid dienone is 3. The molecule has 170 valence electrons. The van der Waals surface area contributed by atoms with Crippen molar-refractivity contribution in [3.8, 4) is 0 Å². The van der Waals surface area contributed by atoms with Crippen LogP contribution in [0, 0.1) is 0 Å². The molecule has 0 aromatic heterocycles. The molecule has 0 aliphatic carbocycles. The van der Waals surface area contributed by atoms with Gasteiger partial charge in [-0.15, -0.1) is 0 Å². The zero-order chi connectivity index (χ0) is 22.1. The fraction of sp³-hybridized carbons (Fsp3) is 0.455. The first-order valence-electron chi connectivity index (χ1n) is 10.3. The van der Waals surface area contributed by atoms with Crippen LogP contribution >= 0.6 is 0 Å². The van der Waals surface area contributed by atoms with Crippen LogP contribution in [0.25, 0.3) is 5.70 Å². The van der Waals surface area contributed by atoms with Crippen LogP contribution in [0.3, 0.4) is 0 Å². The summed E-state index contributed by atoms with van der Waals surface area (Å²) in [5.41, 5.74) is 3.76. The number of benzene rings is 1. The molecule has 2 saturated heterocycles.